The number of aromatic nitrogens is 3. The number of aromatic amines is 2. The molecule has 0 aliphatic rings. The van der Waals surface area contributed by atoms with Crippen molar-refractivity contribution in [2.75, 3.05) is 5.32 Å². The van der Waals surface area contributed by atoms with Gasteiger partial charge in [0.05, 0.1) is 11.7 Å². The van der Waals surface area contributed by atoms with Crippen molar-refractivity contribution in [3.63, 3.8) is 0 Å². The Morgan fingerprint density at radius 3 is 2.38 bits per heavy atom. The summed E-state index contributed by atoms with van der Waals surface area (Å²) in [7, 11) is 0. The summed E-state index contributed by atoms with van der Waals surface area (Å²) in [6.07, 6.45) is 4.47. The minimum Gasteiger partial charge on any atom is -0.361 e. The third kappa shape index (κ3) is 4.25. The van der Waals surface area contributed by atoms with E-state index in [9.17, 15) is 4.79 Å². The molecular weight excluding hydrogens is 398 g/mol. The lowest BCUT2D eigenvalue weighted by atomic mass is 10.0. The van der Waals surface area contributed by atoms with Crippen LogP contribution in [-0.2, 0) is 6.42 Å². The normalized spacial score (nSPS) is 11.9. The molecular formula is C26H23N5O. The van der Waals surface area contributed by atoms with E-state index >= 15 is 0 Å². The van der Waals surface area contributed by atoms with Gasteiger partial charge in [-0.3, -0.25) is 0 Å². The van der Waals surface area contributed by atoms with Crippen LogP contribution in [0.1, 0.15) is 17.4 Å². The Morgan fingerprint density at radius 2 is 1.56 bits per heavy atom. The summed E-state index contributed by atoms with van der Waals surface area (Å²) < 4.78 is 0. The molecule has 0 bridgehead atoms. The van der Waals surface area contributed by atoms with Gasteiger partial charge in [0, 0.05) is 41.0 Å². The third-order valence-electron chi connectivity index (χ3n) is 5.43. The van der Waals surface area contributed by atoms with Gasteiger partial charge in [-0.05, 0) is 23.8 Å². The van der Waals surface area contributed by atoms with E-state index in [0.29, 0.717) is 12.2 Å². The number of imidazole rings is 1. The number of hydrogen-bond donors (Lipinski definition) is 4. The smallest absolute Gasteiger partial charge is 0.319 e. The molecule has 2 amide bonds. The number of para-hydroxylation sites is 2. The monoisotopic (exact) mass is 421 g/mol. The summed E-state index contributed by atoms with van der Waals surface area (Å²) in [4.78, 5) is 24.2. The highest BCUT2D eigenvalue weighted by molar-refractivity contribution is 5.89. The molecule has 0 saturated carbocycles. The molecule has 5 rings (SSSR count). The van der Waals surface area contributed by atoms with Crippen LogP contribution < -0.4 is 10.6 Å². The summed E-state index contributed by atoms with van der Waals surface area (Å²) in [6.45, 7) is 0. The number of hydrogen-bond acceptors (Lipinski definition) is 2. The predicted octanol–water partition coefficient (Wildman–Crippen LogP) is 5.66. The fourth-order valence-electron chi connectivity index (χ4n) is 3.86. The maximum absolute atomic E-state index is 12.8. The zero-order valence-corrected chi connectivity index (χ0v) is 17.4. The molecule has 0 aliphatic heterocycles. The van der Waals surface area contributed by atoms with Gasteiger partial charge < -0.3 is 20.6 Å². The quantitative estimate of drug-likeness (QED) is 0.285. The van der Waals surface area contributed by atoms with Crippen molar-refractivity contribution >= 4 is 22.6 Å². The molecule has 5 aromatic rings. The van der Waals surface area contributed by atoms with E-state index in [2.05, 4.69) is 26.7 Å². The maximum atomic E-state index is 12.8. The third-order valence-corrected chi connectivity index (χ3v) is 5.43. The number of carbonyl (C=O) groups is 1. The number of benzene rings is 3. The lowest BCUT2D eigenvalue weighted by molar-refractivity contribution is 0.248. The number of amides is 2. The van der Waals surface area contributed by atoms with Crippen molar-refractivity contribution < 1.29 is 4.79 Å². The first-order chi connectivity index (χ1) is 15.8. The maximum Gasteiger partial charge on any atom is 0.319 e. The number of anilines is 1. The van der Waals surface area contributed by atoms with Gasteiger partial charge in [0.1, 0.15) is 5.82 Å². The van der Waals surface area contributed by atoms with Crippen LogP contribution in [0.4, 0.5) is 10.5 Å². The van der Waals surface area contributed by atoms with Gasteiger partial charge in [-0.2, -0.15) is 0 Å². The second kappa shape index (κ2) is 8.81. The summed E-state index contributed by atoms with van der Waals surface area (Å²) in [5, 5.41) is 7.13. The molecule has 1 atom stereocenters. The molecule has 158 valence electrons. The van der Waals surface area contributed by atoms with Crippen molar-refractivity contribution in [3.05, 3.63) is 109 Å². The first kappa shape index (κ1) is 19.6. The zero-order valence-electron chi connectivity index (χ0n) is 17.4. The van der Waals surface area contributed by atoms with Gasteiger partial charge in [-0.15, -0.1) is 0 Å². The molecule has 4 N–H and O–H groups in total. The van der Waals surface area contributed by atoms with Crippen LogP contribution in [-0.4, -0.2) is 21.0 Å². The van der Waals surface area contributed by atoms with Gasteiger partial charge in [0.2, 0.25) is 0 Å². The number of urea groups is 1. The summed E-state index contributed by atoms with van der Waals surface area (Å²) in [5.74, 6) is 0.706. The summed E-state index contributed by atoms with van der Waals surface area (Å²) in [5.41, 5.74) is 4.78. The average Bonchev–Trinajstić information content (AvgIpc) is 3.48. The lowest BCUT2D eigenvalue weighted by Gasteiger charge is -2.17. The first-order valence-corrected chi connectivity index (χ1v) is 10.5. The molecule has 3 aromatic carbocycles. The standard InChI is InChI=1S/C26H23N5O/c32-26(29-20-11-5-2-6-12-20)31-23(15-19-16-27-22-14-8-7-13-21(19)22)25-28-17-24(30-25)18-9-3-1-4-10-18/h1-14,16-17,23,27H,15H2,(H,28,30)(H2,29,31,32). The molecule has 0 aliphatic carbocycles. The second-order valence-corrected chi connectivity index (χ2v) is 7.62. The summed E-state index contributed by atoms with van der Waals surface area (Å²) in [6, 6.07) is 26.9. The van der Waals surface area contributed by atoms with E-state index in [1.807, 2.05) is 91.3 Å². The fourth-order valence-corrected chi connectivity index (χ4v) is 3.86. The van der Waals surface area contributed by atoms with Crippen LogP contribution in [0.5, 0.6) is 0 Å². The summed E-state index contributed by atoms with van der Waals surface area (Å²) >= 11 is 0. The van der Waals surface area contributed by atoms with Gasteiger partial charge in [0.15, 0.2) is 0 Å². The van der Waals surface area contributed by atoms with Gasteiger partial charge in [-0.1, -0.05) is 66.7 Å². The van der Waals surface area contributed by atoms with Gasteiger partial charge >= 0.3 is 6.03 Å². The van der Waals surface area contributed by atoms with Crippen molar-refractivity contribution in [1.82, 2.24) is 20.3 Å². The second-order valence-electron chi connectivity index (χ2n) is 7.62. The first-order valence-electron chi connectivity index (χ1n) is 10.5. The van der Waals surface area contributed by atoms with E-state index in [1.165, 1.54) is 0 Å². The van der Waals surface area contributed by atoms with Crippen LogP contribution in [0, 0.1) is 0 Å². The van der Waals surface area contributed by atoms with Gasteiger partial charge in [-0.25, -0.2) is 9.78 Å². The van der Waals surface area contributed by atoms with Crippen LogP contribution in [0.3, 0.4) is 0 Å². The van der Waals surface area contributed by atoms with E-state index < -0.39 is 0 Å². The molecule has 6 heteroatoms. The van der Waals surface area contributed by atoms with Crippen molar-refractivity contribution in [2.45, 2.75) is 12.5 Å². The van der Waals surface area contributed by atoms with Crippen LogP contribution >= 0.6 is 0 Å². The molecule has 6 nitrogen and oxygen atoms in total. The van der Waals surface area contributed by atoms with E-state index in [0.717, 1.165) is 33.4 Å². The van der Waals surface area contributed by atoms with Crippen LogP contribution in [0.2, 0.25) is 0 Å². The number of fused-ring (bicyclic) bond motifs is 1. The molecule has 2 aromatic heterocycles. The number of carbonyl (C=O) groups excluding carboxylic acids is 1. The minimum absolute atomic E-state index is 0.279. The van der Waals surface area contributed by atoms with Gasteiger partial charge in [0.25, 0.3) is 0 Å². The highest BCUT2D eigenvalue weighted by atomic mass is 16.2. The van der Waals surface area contributed by atoms with Crippen LogP contribution in [0.25, 0.3) is 22.2 Å². The largest absolute Gasteiger partial charge is 0.361 e. The highest BCUT2D eigenvalue weighted by Gasteiger charge is 2.21. The SMILES string of the molecule is O=C(Nc1ccccc1)NC(Cc1c[nH]c2ccccc12)c1nc(-c2ccccc2)c[nH]1. The van der Waals surface area contributed by atoms with E-state index in [1.54, 1.807) is 0 Å². The van der Waals surface area contributed by atoms with Crippen molar-refractivity contribution in [2.24, 2.45) is 0 Å². The zero-order chi connectivity index (χ0) is 21.8. The van der Waals surface area contributed by atoms with E-state index in [4.69, 9.17) is 4.98 Å². The Balaban J connectivity index is 1.43. The van der Waals surface area contributed by atoms with Crippen molar-refractivity contribution in [3.8, 4) is 11.3 Å². The lowest BCUT2D eigenvalue weighted by Crippen LogP contribution is -2.34. The number of nitrogens with one attached hydrogen (secondary N) is 4. The van der Waals surface area contributed by atoms with Crippen LogP contribution in [0.15, 0.2) is 97.3 Å². The van der Waals surface area contributed by atoms with E-state index in [-0.39, 0.29) is 12.1 Å². The Labute approximate surface area is 185 Å². The van der Waals surface area contributed by atoms with Crippen molar-refractivity contribution in [1.29, 1.82) is 0 Å². The number of rotatable bonds is 6. The molecule has 0 saturated heterocycles. The number of nitrogens with zero attached hydrogens (tertiary/aromatic N) is 1. The molecule has 1 unspecified atom stereocenters. The average molecular weight is 422 g/mol. The molecule has 0 spiro atoms. The minimum atomic E-state index is -0.338. The number of H-pyrrole nitrogens is 2. The fraction of sp³-hybridized carbons (Fsp3) is 0.0769. The molecule has 0 radical (unpaired) electrons. The predicted molar refractivity (Wildman–Crippen MR) is 127 cm³/mol. The Hall–Kier alpha value is -4.32. The molecule has 0 fully saturated rings. The Morgan fingerprint density at radius 1 is 0.844 bits per heavy atom. The highest BCUT2D eigenvalue weighted by Crippen LogP contribution is 2.25. The Kier molecular flexibility index (Phi) is 5.41. The topological polar surface area (TPSA) is 85.6 Å². The molecule has 2 heterocycles. The Bertz CT molecular complexity index is 1320. The molecule has 32 heavy (non-hydrogen) atoms.